The van der Waals surface area contributed by atoms with Crippen molar-refractivity contribution in [3.05, 3.63) is 29.8 Å². The topological polar surface area (TPSA) is 70.2 Å². The molecule has 2 fully saturated rings. The van der Waals surface area contributed by atoms with Crippen LogP contribution < -0.4 is 4.90 Å². The van der Waals surface area contributed by atoms with Gasteiger partial charge in [-0.3, -0.25) is 9.59 Å². The molecule has 7 nitrogen and oxygen atoms in total. The van der Waals surface area contributed by atoms with E-state index in [-0.39, 0.29) is 23.3 Å². The molecule has 152 valence electrons. The number of ether oxygens (including phenoxy) is 1. The molecule has 1 aromatic rings. The molecule has 0 bridgehead atoms. The SMILES string of the molecule is CN(Cc1ccc(N(C)C)cc1)C(=O)COC(=O)[C@H]1CS[C@]2(C)CCC(=O)N12. The van der Waals surface area contributed by atoms with Crippen molar-refractivity contribution in [2.45, 2.75) is 37.2 Å². The first-order valence-corrected chi connectivity index (χ1v) is 10.3. The molecular weight excluding hydrogens is 378 g/mol. The summed E-state index contributed by atoms with van der Waals surface area (Å²) < 4.78 is 5.25. The summed E-state index contributed by atoms with van der Waals surface area (Å²) in [5.41, 5.74) is 2.09. The van der Waals surface area contributed by atoms with Crippen LogP contribution in [0.25, 0.3) is 0 Å². The van der Waals surface area contributed by atoms with E-state index >= 15 is 0 Å². The van der Waals surface area contributed by atoms with Gasteiger partial charge in [0.15, 0.2) is 6.61 Å². The summed E-state index contributed by atoms with van der Waals surface area (Å²) in [6, 6.07) is 7.34. The van der Waals surface area contributed by atoms with E-state index in [1.807, 2.05) is 50.2 Å². The maximum absolute atomic E-state index is 12.5. The first kappa shape index (κ1) is 20.5. The first-order chi connectivity index (χ1) is 13.2. The molecule has 2 atom stereocenters. The highest BCUT2D eigenvalue weighted by Gasteiger charge is 2.53. The van der Waals surface area contributed by atoms with Gasteiger partial charge in [0, 0.05) is 45.5 Å². The normalized spacial score (nSPS) is 23.5. The minimum Gasteiger partial charge on any atom is -0.454 e. The standard InChI is InChI=1S/C20H27N3O4S/c1-20-10-9-17(24)23(20)16(13-28-20)19(26)27-12-18(25)22(4)11-14-5-7-15(8-6-14)21(2)3/h5-8,16H,9-13H2,1-4H3/t16-,20-/m1/s1. The second-order valence-electron chi connectivity index (χ2n) is 7.68. The van der Waals surface area contributed by atoms with E-state index in [1.54, 1.807) is 23.7 Å². The summed E-state index contributed by atoms with van der Waals surface area (Å²) >= 11 is 1.61. The maximum Gasteiger partial charge on any atom is 0.330 e. The van der Waals surface area contributed by atoms with Crippen LogP contribution >= 0.6 is 11.8 Å². The average Bonchev–Trinajstić information content (AvgIpc) is 3.15. The van der Waals surface area contributed by atoms with Gasteiger partial charge in [0.2, 0.25) is 5.91 Å². The molecule has 28 heavy (non-hydrogen) atoms. The number of benzene rings is 1. The van der Waals surface area contributed by atoms with Gasteiger partial charge in [-0.25, -0.2) is 4.79 Å². The minimum atomic E-state index is -0.596. The largest absolute Gasteiger partial charge is 0.454 e. The number of likely N-dealkylation sites (N-methyl/N-ethyl adjacent to an activating group) is 1. The number of hydrogen-bond donors (Lipinski definition) is 0. The highest BCUT2D eigenvalue weighted by molar-refractivity contribution is 8.01. The van der Waals surface area contributed by atoms with Gasteiger partial charge in [-0.2, -0.15) is 0 Å². The number of esters is 1. The van der Waals surface area contributed by atoms with Crippen LogP contribution in [0.3, 0.4) is 0 Å². The number of rotatable bonds is 6. The molecule has 8 heteroatoms. The summed E-state index contributed by atoms with van der Waals surface area (Å²) in [6.45, 7) is 2.10. The van der Waals surface area contributed by atoms with Crippen LogP contribution in [0, 0.1) is 0 Å². The highest BCUT2D eigenvalue weighted by atomic mass is 32.2. The smallest absolute Gasteiger partial charge is 0.330 e. The zero-order valence-corrected chi connectivity index (χ0v) is 17.6. The van der Waals surface area contributed by atoms with Crippen LogP contribution in [0.15, 0.2) is 24.3 Å². The lowest BCUT2D eigenvalue weighted by Crippen LogP contribution is -2.47. The van der Waals surface area contributed by atoms with E-state index in [1.165, 1.54) is 4.90 Å². The van der Waals surface area contributed by atoms with Crippen LogP contribution in [-0.2, 0) is 25.7 Å². The monoisotopic (exact) mass is 405 g/mol. The number of fused-ring (bicyclic) bond motifs is 1. The first-order valence-electron chi connectivity index (χ1n) is 9.34. The van der Waals surface area contributed by atoms with Crippen molar-refractivity contribution in [2.75, 3.05) is 38.4 Å². The summed E-state index contributed by atoms with van der Waals surface area (Å²) in [4.78, 5) is 41.8. The molecule has 1 aromatic carbocycles. The van der Waals surface area contributed by atoms with Gasteiger partial charge in [0.05, 0.1) is 4.87 Å². The molecule has 2 amide bonds. The number of nitrogens with zero attached hydrogens (tertiary/aromatic N) is 3. The molecule has 0 N–H and O–H groups in total. The molecule has 2 aliphatic heterocycles. The number of amides is 2. The van der Waals surface area contributed by atoms with E-state index in [4.69, 9.17) is 4.74 Å². The number of thioether (sulfide) groups is 1. The van der Waals surface area contributed by atoms with Gasteiger partial charge in [-0.15, -0.1) is 11.8 Å². The Hall–Kier alpha value is -2.22. The summed E-state index contributed by atoms with van der Waals surface area (Å²) in [6.07, 6.45) is 1.20. The van der Waals surface area contributed by atoms with Crippen LogP contribution in [0.5, 0.6) is 0 Å². The third-order valence-corrected chi connectivity index (χ3v) is 6.86. The van der Waals surface area contributed by atoms with E-state index < -0.39 is 12.0 Å². The Morgan fingerprint density at radius 1 is 1.25 bits per heavy atom. The van der Waals surface area contributed by atoms with Crippen molar-refractivity contribution in [1.29, 1.82) is 0 Å². The Morgan fingerprint density at radius 2 is 1.93 bits per heavy atom. The van der Waals surface area contributed by atoms with E-state index in [2.05, 4.69) is 0 Å². The van der Waals surface area contributed by atoms with Crippen molar-refractivity contribution in [1.82, 2.24) is 9.80 Å². The third kappa shape index (κ3) is 4.11. The third-order valence-electron chi connectivity index (χ3n) is 5.35. The lowest BCUT2D eigenvalue weighted by atomic mass is 10.2. The molecular formula is C20H27N3O4S. The van der Waals surface area contributed by atoms with Crippen molar-refractivity contribution in [2.24, 2.45) is 0 Å². The van der Waals surface area contributed by atoms with Crippen molar-refractivity contribution < 1.29 is 19.1 Å². The fourth-order valence-corrected chi connectivity index (χ4v) is 5.01. The fraction of sp³-hybridized carbons (Fsp3) is 0.550. The second kappa shape index (κ2) is 8.03. The predicted molar refractivity (Wildman–Crippen MR) is 109 cm³/mol. The number of carbonyl (C=O) groups is 3. The van der Waals surface area contributed by atoms with E-state index in [9.17, 15) is 14.4 Å². The highest BCUT2D eigenvalue weighted by Crippen LogP contribution is 2.47. The van der Waals surface area contributed by atoms with Crippen LogP contribution in [0.2, 0.25) is 0 Å². The molecule has 0 aliphatic carbocycles. The lowest BCUT2D eigenvalue weighted by molar-refractivity contribution is -0.158. The Balaban J connectivity index is 1.50. The number of anilines is 1. The van der Waals surface area contributed by atoms with Crippen molar-refractivity contribution in [3.63, 3.8) is 0 Å². The average molecular weight is 406 g/mol. The fourth-order valence-electron chi connectivity index (χ4n) is 3.60. The van der Waals surface area contributed by atoms with Gasteiger partial charge < -0.3 is 19.4 Å². The Labute approximate surface area is 170 Å². The van der Waals surface area contributed by atoms with Gasteiger partial charge in [-0.1, -0.05) is 12.1 Å². The zero-order valence-electron chi connectivity index (χ0n) is 16.8. The molecule has 2 saturated heterocycles. The number of carbonyl (C=O) groups excluding carboxylic acids is 3. The maximum atomic E-state index is 12.5. The Morgan fingerprint density at radius 3 is 2.57 bits per heavy atom. The Kier molecular flexibility index (Phi) is 5.88. The van der Waals surface area contributed by atoms with E-state index in [0.717, 1.165) is 17.7 Å². The predicted octanol–water partition coefficient (Wildman–Crippen LogP) is 1.71. The molecule has 0 saturated carbocycles. The second-order valence-corrected chi connectivity index (χ2v) is 9.19. The molecule has 0 spiro atoms. The summed E-state index contributed by atoms with van der Waals surface area (Å²) in [5.74, 6) is -0.266. The number of hydrogen-bond acceptors (Lipinski definition) is 6. The minimum absolute atomic E-state index is 0.0148. The zero-order chi connectivity index (χ0) is 20.5. The molecule has 2 heterocycles. The lowest BCUT2D eigenvalue weighted by Gasteiger charge is -2.29. The van der Waals surface area contributed by atoms with Gasteiger partial charge in [0.25, 0.3) is 5.91 Å². The van der Waals surface area contributed by atoms with E-state index in [0.29, 0.717) is 18.7 Å². The van der Waals surface area contributed by atoms with Crippen molar-refractivity contribution in [3.8, 4) is 0 Å². The van der Waals surface area contributed by atoms with Crippen molar-refractivity contribution >= 4 is 35.2 Å². The van der Waals surface area contributed by atoms with Crippen LogP contribution in [0.1, 0.15) is 25.3 Å². The molecule has 3 rings (SSSR count). The van der Waals surface area contributed by atoms with Crippen LogP contribution in [0.4, 0.5) is 5.69 Å². The molecule has 0 radical (unpaired) electrons. The van der Waals surface area contributed by atoms with Gasteiger partial charge >= 0.3 is 5.97 Å². The molecule has 0 aromatic heterocycles. The molecule has 2 aliphatic rings. The molecule has 0 unspecified atom stereocenters. The summed E-state index contributed by atoms with van der Waals surface area (Å²) in [5, 5.41) is 0. The van der Waals surface area contributed by atoms with Crippen LogP contribution in [-0.4, -0.2) is 72.0 Å². The van der Waals surface area contributed by atoms with Gasteiger partial charge in [-0.05, 0) is 31.0 Å². The van der Waals surface area contributed by atoms with Gasteiger partial charge in [0.1, 0.15) is 6.04 Å². The Bertz CT molecular complexity index is 767. The summed E-state index contributed by atoms with van der Waals surface area (Å²) in [7, 11) is 5.63. The quantitative estimate of drug-likeness (QED) is 0.671.